The predicted octanol–water partition coefficient (Wildman–Crippen LogP) is 0.787. The lowest BCUT2D eigenvalue weighted by atomic mass is 9.97. The van der Waals surface area contributed by atoms with E-state index in [0.29, 0.717) is 30.0 Å². The molecule has 0 radical (unpaired) electrons. The lowest BCUT2D eigenvalue weighted by Crippen LogP contribution is -2.40. The Morgan fingerprint density at radius 3 is 2.68 bits per heavy atom. The maximum absolute atomic E-state index is 12.2. The molecule has 0 aliphatic carbocycles. The number of carbonyl (C=O) groups is 2. The highest BCUT2D eigenvalue weighted by Gasteiger charge is 2.28. The Hall–Kier alpha value is -2.24. The molecule has 6 nitrogen and oxygen atoms in total. The number of fused-ring (bicyclic) bond motifs is 1. The summed E-state index contributed by atoms with van der Waals surface area (Å²) in [5, 5.41) is 8.79. The van der Waals surface area contributed by atoms with Crippen molar-refractivity contribution in [3.05, 3.63) is 23.3 Å². The lowest BCUT2D eigenvalue weighted by molar-refractivity contribution is -0.137. The third kappa shape index (κ3) is 2.47. The van der Waals surface area contributed by atoms with Crippen LogP contribution < -0.4 is 9.47 Å². The molecule has 0 fully saturated rings. The smallest absolute Gasteiger partial charge is 0.323 e. The number of amides is 1. The molecule has 0 aromatic heterocycles. The van der Waals surface area contributed by atoms with Gasteiger partial charge in [-0.1, -0.05) is 0 Å². The van der Waals surface area contributed by atoms with E-state index in [1.54, 1.807) is 12.1 Å². The van der Waals surface area contributed by atoms with Crippen molar-refractivity contribution >= 4 is 11.9 Å². The van der Waals surface area contributed by atoms with Crippen LogP contribution in [0, 0.1) is 0 Å². The van der Waals surface area contributed by atoms with E-state index in [2.05, 4.69) is 0 Å². The monoisotopic (exact) mass is 265 g/mol. The average Bonchev–Trinajstić information content (AvgIpc) is 2.40. The van der Waals surface area contributed by atoms with Crippen LogP contribution in [-0.4, -0.2) is 49.2 Å². The van der Waals surface area contributed by atoms with Gasteiger partial charge in [0.15, 0.2) is 0 Å². The summed E-state index contributed by atoms with van der Waals surface area (Å²) in [6, 6.07) is 3.34. The molecule has 1 heterocycles. The number of hydrogen-bond donors (Lipinski definition) is 1. The summed E-state index contributed by atoms with van der Waals surface area (Å²) >= 11 is 0. The molecule has 0 saturated carbocycles. The van der Waals surface area contributed by atoms with Crippen molar-refractivity contribution in [2.75, 3.05) is 27.3 Å². The number of carboxylic acid groups (broad SMARTS) is 1. The fourth-order valence-electron chi connectivity index (χ4n) is 2.20. The SMILES string of the molecule is COc1cc(OC)c2c(c1)C(=O)N(CC(=O)O)CC2. The topological polar surface area (TPSA) is 76.1 Å². The van der Waals surface area contributed by atoms with Crippen LogP contribution in [0.25, 0.3) is 0 Å². The minimum Gasteiger partial charge on any atom is -0.497 e. The van der Waals surface area contributed by atoms with E-state index in [0.717, 1.165) is 5.56 Å². The quantitative estimate of drug-likeness (QED) is 0.871. The molecule has 2 rings (SSSR count). The molecule has 1 amide bonds. The van der Waals surface area contributed by atoms with E-state index in [-0.39, 0.29) is 12.5 Å². The number of aliphatic carboxylic acids is 1. The first-order valence-corrected chi connectivity index (χ1v) is 5.82. The van der Waals surface area contributed by atoms with Crippen molar-refractivity contribution in [2.45, 2.75) is 6.42 Å². The first-order valence-electron chi connectivity index (χ1n) is 5.82. The Morgan fingerprint density at radius 2 is 2.11 bits per heavy atom. The molecule has 1 aromatic rings. The van der Waals surface area contributed by atoms with Gasteiger partial charge in [-0.05, 0) is 12.5 Å². The molecule has 102 valence electrons. The van der Waals surface area contributed by atoms with Crippen LogP contribution in [-0.2, 0) is 11.2 Å². The maximum Gasteiger partial charge on any atom is 0.323 e. The molecule has 0 spiro atoms. The fourth-order valence-corrected chi connectivity index (χ4v) is 2.20. The van der Waals surface area contributed by atoms with E-state index in [1.165, 1.54) is 19.1 Å². The summed E-state index contributed by atoms with van der Waals surface area (Å²) in [5.41, 5.74) is 1.25. The van der Waals surface area contributed by atoms with E-state index < -0.39 is 5.97 Å². The Bertz CT molecular complexity index is 526. The molecule has 6 heteroatoms. The minimum atomic E-state index is -1.02. The van der Waals surface area contributed by atoms with Crippen LogP contribution in [0.5, 0.6) is 11.5 Å². The van der Waals surface area contributed by atoms with Crippen molar-refractivity contribution in [2.24, 2.45) is 0 Å². The molecule has 19 heavy (non-hydrogen) atoms. The highest BCUT2D eigenvalue weighted by Crippen LogP contribution is 2.32. The summed E-state index contributed by atoms with van der Waals surface area (Å²) in [6.07, 6.45) is 0.571. The van der Waals surface area contributed by atoms with E-state index in [1.807, 2.05) is 0 Å². The molecule has 0 atom stereocenters. The zero-order chi connectivity index (χ0) is 14.0. The first-order chi connectivity index (χ1) is 9.06. The molecule has 1 aliphatic rings. The predicted molar refractivity (Wildman–Crippen MR) is 66.8 cm³/mol. The lowest BCUT2D eigenvalue weighted by Gasteiger charge is -2.28. The van der Waals surface area contributed by atoms with Crippen molar-refractivity contribution in [1.82, 2.24) is 4.90 Å². The third-order valence-electron chi connectivity index (χ3n) is 3.11. The van der Waals surface area contributed by atoms with Gasteiger partial charge in [-0.25, -0.2) is 0 Å². The van der Waals surface area contributed by atoms with Gasteiger partial charge in [-0.3, -0.25) is 9.59 Å². The van der Waals surface area contributed by atoms with Crippen molar-refractivity contribution in [1.29, 1.82) is 0 Å². The van der Waals surface area contributed by atoms with Gasteiger partial charge >= 0.3 is 5.97 Å². The second-order valence-corrected chi connectivity index (χ2v) is 4.23. The largest absolute Gasteiger partial charge is 0.497 e. The van der Waals surface area contributed by atoms with Crippen molar-refractivity contribution in [3.63, 3.8) is 0 Å². The van der Waals surface area contributed by atoms with Gasteiger partial charge in [0.2, 0.25) is 0 Å². The van der Waals surface area contributed by atoms with Gasteiger partial charge in [-0.15, -0.1) is 0 Å². The van der Waals surface area contributed by atoms with E-state index in [9.17, 15) is 9.59 Å². The number of rotatable bonds is 4. The minimum absolute atomic E-state index is 0.294. The number of carbonyl (C=O) groups excluding carboxylic acids is 1. The van der Waals surface area contributed by atoms with Gasteiger partial charge < -0.3 is 19.5 Å². The molecule has 1 aliphatic heterocycles. The Kier molecular flexibility index (Phi) is 3.59. The van der Waals surface area contributed by atoms with Crippen LogP contribution in [0.1, 0.15) is 15.9 Å². The molecule has 0 unspecified atom stereocenters. The van der Waals surface area contributed by atoms with Crippen molar-refractivity contribution < 1.29 is 24.2 Å². The summed E-state index contributed by atoms with van der Waals surface area (Å²) < 4.78 is 10.4. The van der Waals surface area contributed by atoms with Gasteiger partial charge in [0.05, 0.1) is 19.8 Å². The van der Waals surface area contributed by atoms with Crippen LogP contribution >= 0.6 is 0 Å². The highest BCUT2D eigenvalue weighted by atomic mass is 16.5. The Labute approximate surface area is 110 Å². The normalized spacial score (nSPS) is 14.0. The standard InChI is InChI=1S/C13H15NO5/c1-18-8-5-10-9(11(6-8)19-2)3-4-14(13(10)17)7-12(15)16/h5-6H,3-4,7H2,1-2H3,(H,15,16). The highest BCUT2D eigenvalue weighted by molar-refractivity contribution is 5.99. The van der Waals surface area contributed by atoms with Gasteiger partial charge in [0.1, 0.15) is 18.0 Å². The molecule has 1 N–H and O–H groups in total. The van der Waals surface area contributed by atoms with Crippen LogP contribution in [0.3, 0.4) is 0 Å². The average molecular weight is 265 g/mol. The third-order valence-corrected chi connectivity index (χ3v) is 3.11. The second kappa shape index (κ2) is 5.17. The van der Waals surface area contributed by atoms with Crippen LogP contribution in [0.4, 0.5) is 0 Å². The van der Waals surface area contributed by atoms with Crippen LogP contribution in [0.2, 0.25) is 0 Å². The number of nitrogens with zero attached hydrogens (tertiary/aromatic N) is 1. The number of ether oxygens (including phenoxy) is 2. The summed E-state index contributed by atoms with van der Waals surface area (Å²) in [7, 11) is 3.03. The van der Waals surface area contributed by atoms with Gasteiger partial charge in [0.25, 0.3) is 5.91 Å². The van der Waals surface area contributed by atoms with Gasteiger partial charge in [0, 0.05) is 18.2 Å². The van der Waals surface area contributed by atoms with E-state index in [4.69, 9.17) is 14.6 Å². The number of hydrogen-bond acceptors (Lipinski definition) is 4. The number of carboxylic acids is 1. The number of benzene rings is 1. The zero-order valence-corrected chi connectivity index (χ0v) is 10.8. The summed E-state index contributed by atoms with van der Waals surface area (Å²) in [5.74, 6) is -0.216. The molecule has 0 bridgehead atoms. The molecular weight excluding hydrogens is 250 g/mol. The summed E-state index contributed by atoms with van der Waals surface area (Å²) in [4.78, 5) is 24.3. The Balaban J connectivity index is 2.42. The Morgan fingerprint density at radius 1 is 1.37 bits per heavy atom. The number of methoxy groups -OCH3 is 2. The maximum atomic E-state index is 12.2. The van der Waals surface area contributed by atoms with E-state index >= 15 is 0 Å². The van der Waals surface area contributed by atoms with Crippen LogP contribution in [0.15, 0.2) is 12.1 Å². The first kappa shape index (κ1) is 13.2. The fraction of sp³-hybridized carbons (Fsp3) is 0.385. The van der Waals surface area contributed by atoms with Gasteiger partial charge in [-0.2, -0.15) is 0 Å². The van der Waals surface area contributed by atoms with Crippen molar-refractivity contribution in [3.8, 4) is 11.5 Å². The molecule has 0 saturated heterocycles. The molecular formula is C13H15NO5. The summed E-state index contributed by atoms with van der Waals surface area (Å²) in [6.45, 7) is 0.0820. The second-order valence-electron chi connectivity index (χ2n) is 4.23. The zero-order valence-electron chi connectivity index (χ0n) is 10.8. The molecule has 1 aromatic carbocycles.